The Morgan fingerprint density at radius 2 is 2.75 bits per heavy atom. The molecule has 0 aromatic rings. The molecule has 0 aromatic heterocycles. The van der Waals surface area contributed by atoms with Crippen LogP contribution >= 0.6 is 11.9 Å². The molecule has 2 N–H and O–H groups in total. The average Bonchev–Trinajstić information content (AvgIpc) is 1.90. The molecule has 0 radical (unpaired) electrons. The lowest BCUT2D eigenvalue weighted by atomic mass is 10.6. The van der Waals surface area contributed by atoms with Crippen LogP contribution in [-0.4, -0.2) is 11.5 Å². The van der Waals surface area contributed by atoms with E-state index in [1.165, 1.54) is 18.2 Å². The smallest absolute Gasteiger partial charge is 0.193 e. The van der Waals surface area contributed by atoms with Gasteiger partial charge in [0, 0.05) is 5.41 Å². The van der Waals surface area contributed by atoms with Gasteiger partial charge in [-0.3, -0.25) is 0 Å². The molecule has 1 aliphatic rings. The molecule has 0 fully saturated rings. The van der Waals surface area contributed by atoms with E-state index < -0.39 is 0 Å². The normalized spacial score (nSPS) is 16.9. The summed E-state index contributed by atoms with van der Waals surface area (Å²) in [5, 5.41) is 13.1. The van der Waals surface area contributed by atoms with E-state index in [9.17, 15) is 0 Å². The second-order valence-electron chi connectivity index (χ2n) is 1.08. The summed E-state index contributed by atoms with van der Waals surface area (Å²) in [6, 6.07) is 0. The lowest BCUT2D eigenvalue weighted by Crippen LogP contribution is -2.00. The molecule has 1 rings (SSSR count). The molecule has 44 valence electrons. The van der Waals surface area contributed by atoms with Gasteiger partial charge in [-0.2, -0.15) is 5.10 Å². The van der Waals surface area contributed by atoms with Crippen LogP contribution in [-0.2, 0) is 4.89 Å². The fourth-order valence-corrected chi connectivity index (χ4v) is 0.667. The summed E-state index contributed by atoms with van der Waals surface area (Å²) in [5.74, 6) is 0.341. The van der Waals surface area contributed by atoms with E-state index in [1.807, 2.05) is 0 Å². The average molecular weight is 132 g/mol. The van der Waals surface area contributed by atoms with E-state index in [2.05, 4.69) is 14.8 Å². The summed E-state index contributed by atoms with van der Waals surface area (Å²) >= 11 is 1.23. The van der Waals surface area contributed by atoms with Gasteiger partial charge in [0.2, 0.25) is 0 Å². The summed E-state index contributed by atoms with van der Waals surface area (Å²) in [7, 11) is 0. The molecule has 0 bridgehead atoms. The third-order valence-electron chi connectivity index (χ3n) is 0.578. The minimum Gasteiger partial charge on any atom is -0.338 e. The van der Waals surface area contributed by atoms with Gasteiger partial charge < -0.3 is 4.89 Å². The zero-order valence-electron chi connectivity index (χ0n) is 3.87. The first-order chi connectivity index (χ1) is 3.93. The highest BCUT2D eigenvalue weighted by atomic mass is 32.2. The van der Waals surface area contributed by atoms with Crippen molar-refractivity contribution in [1.29, 1.82) is 0 Å². The van der Waals surface area contributed by atoms with Crippen LogP contribution in [0.3, 0.4) is 0 Å². The molecule has 1 aliphatic heterocycles. The molecular weight excluding hydrogens is 128 g/mol. The van der Waals surface area contributed by atoms with Crippen LogP contribution in [0.25, 0.3) is 0 Å². The Balaban J connectivity index is 2.51. The van der Waals surface area contributed by atoms with Gasteiger partial charge in [0.25, 0.3) is 0 Å². The third-order valence-corrected chi connectivity index (χ3v) is 1.14. The largest absolute Gasteiger partial charge is 0.338 e. The number of hydrazone groups is 1. The number of hydrogen-bond donors (Lipinski definition) is 2. The topological polar surface area (TPSA) is 53.9 Å². The Labute approximate surface area is 50.3 Å². The molecule has 0 atom stereocenters. The Kier molecular flexibility index (Phi) is 1.76. The predicted molar refractivity (Wildman–Crippen MR) is 31.0 cm³/mol. The molecule has 0 saturated carbocycles. The van der Waals surface area contributed by atoms with E-state index in [1.54, 1.807) is 5.41 Å². The molecule has 5 heteroatoms. The van der Waals surface area contributed by atoms with E-state index in [0.717, 1.165) is 0 Å². The van der Waals surface area contributed by atoms with Gasteiger partial charge in [0.15, 0.2) is 5.76 Å². The van der Waals surface area contributed by atoms with E-state index >= 15 is 0 Å². The molecule has 0 saturated heterocycles. The van der Waals surface area contributed by atoms with Crippen LogP contribution in [0.5, 0.6) is 0 Å². The molecule has 0 amide bonds. The van der Waals surface area contributed by atoms with Gasteiger partial charge in [-0.25, -0.2) is 10.1 Å². The highest BCUT2D eigenvalue weighted by Crippen LogP contribution is 2.05. The van der Waals surface area contributed by atoms with Crippen molar-refractivity contribution < 1.29 is 10.1 Å². The van der Waals surface area contributed by atoms with Crippen molar-refractivity contribution in [3.05, 3.63) is 11.2 Å². The maximum Gasteiger partial charge on any atom is 0.193 e. The Morgan fingerprint density at radius 3 is 3.12 bits per heavy atom. The predicted octanol–water partition coefficient (Wildman–Crippen LogP) is 0.555. The number of hydrogen-bond acceptors (Lipinski definition) is 5. The lowest BCUT2D eigenvalue weighted by Gasteiger charge is -2.00. The summed E-state index contributed by atoms with van der Waals surface area (Å²) < 4.78 is 0. The molecular formula is C3H4N2O2S. The molecule has 0 aliphatic carbocycles. The third kappa shape index (κ3) is 1.14. The van der Waals surface area contributed by atoms with Crippen LogP contribution in [0, 0.1) is 0 Å². The van der Waals surface area contributed by atoms with Crippen molar-refractivity contribution in [3.8, 4) is 0 Å². The second-order valence-corrected chi connectivity index (χ2v) is 1.73. The summed E-state index contributed by atoms with van der Waals surface area (Å²) in [6.45, 7) is 0. The molecule has 8 heavy (non-hydrogen) atoms. The molecule has 0 unspecified atom stereocenters. The number of allylic oxidation sites excluding steroid dienone is 1. The van der Waals surface area contributed by atoms with Crippen molar-refractivity contribution in [3.63, 3.8) is 0 Å². The first kappa shape index (κ1) is 5.46. The number of nitrogens with one attached hydrogen (secondary N) is 1. The van der Waals surface area contributed by atoms with Crippen LogP contribution in [0.1, 0.15) is 0 Å². The summed E-state index contributed by atoms with van der Waals surface area (Å²) in [5.41, 5.74) is 0. The van der Waals surface area contributed by atoms with Crippen LogP contribution in [0.2, 0.25) is 0 Å². The summed E-state index contributed by atoms with van der Waals surface area (Å²) in [4.78, 5) is 6.41. The Morgan fingerprint density at radius 1 is 1.88 bits per heavy atom. The quantitative estimate of drug-likeness (QED) is 0.311. The minimum absolute atomic E-state index is 0.341. The standard InChI is InChI=1S/C3H4N2O2S/c6-7-3-1-4-5-8-2-3/h1-2,5-6H. The van der Waals surface area contributed by atoms with Gasteiger partial charge in [-0.1, -0.05) is 0 Å². The molecule has 4 nitrogen and oxygen atoms in total. The number of nitrogens with zero attached hydrogens (tertiary/aromatic N) is 1. The van der Waals surface area contributed by atoms with Crippen molar-refractivity contribution in [2.45, 2.75) is 0 Å². The lowest BCUT2D eigenvalue weighted by molar-refractivity contribution is -0.194. The van der Waals surface area contributed by atoms with Gasteiger partial charge in [0.1, 0.15) is 0 Å². The van der Waals surface area contributed by atoms with Gasteiger partial charge >= 0.3 is 0 Å². The van der Waals surface area contributed by atoms with E-state index in [-0.39, 0.29) is 0 Å². The van der Waals surface area contributed by atoms with Crippen molar-refractivity contribution in [2.75, 3.05) is 0 Å². The highest BCUT2D eigenvalue weighted by Gasteiger charge is 1.95. The fourth-order valence-electron chi connectivity index (χ4n) is 0.280. The van der Waals surface area contributed by atoms with E-state index in [0.29, 0.717) is 5.76 Å². The van der Waals surface area contributed by atoms with Crippen molar-refractivity contribution in [1.82, 2.24) is 4.83 Å². The maximum absolute atomic E-state index is 7.99. The fraction of sp³-hybridized carbons (Fsp3) is 0. The first-order valence-electron chi connectivity index (χ1n) is 1.89. The first-order valence-corrected chi connectivity index (χ1v) is 2.77. The molecule has 1 heterocycles. The summed E-state index contributed by atoms with van der Waals surface area (Å²) in [6.07, 6.45) is 1.37. The minimum atomic E-state index is 0.341. The highest BCUT2D eigenvalue weighted by molar-refractivity contribution is 8.00. The second kappa shape index (κ2) is 2.58. The number of rotatable bonds is 1. The van der Waals surface area contributed by atoms with Crippen molar-refractivity contribution in [2.24, 2.45) is 5.10 Å². The molecule has 0 aromatic carbocycles. The van der Waals surface area contributed by atoms with Gasteiger partial charge in [-0.15, -0.1) is 0 Å². The zero-order chi connectivity index (χ0) is 5.82. The van der Waals surface area contributed by atoms with Crippen LogP contribution in [0.15, 0.2) is 16.3 Å². The Bertz CT molecular complexity index is 133. The van der Waals surface area contributed by atoms with Crippen LogP contribution in [0.4, 0.5) is 0 Å². The SMILES string of the molecule is OOC1=CSNN=C1. The maximum atomic E-state index is 7.99. The Hall–Kier alpha value is -0.680. The van der Waals surface area contributed by atoms with E-state index in [4.69, 9.17) is 5.26 Å². The van der Waals surface area contributed by atoms with Gasteiger partial charge in [0.05, 0.1) is 6.21 Å². The zero-order valence-corrected chi connectivity index (χ0v) is 4.68. The van der Waals surface area contributed by atoms with Crippen LogP contribution < -0.4 is 4.83 Å². The van der Waals surface area contributed by atoms with Crippen molar-refractivity contribution >= 4 is 18.2 Å². The molecule has 0 spiro atoms. The monoisotopic (exact) mass is 132 g/mol. The van der Waals surface area contributed by atoms with Gasteiger partial charge in [-0.05, 0) is 11.9 Å².